The lowest BCUT2D eigenvalue weighted by atomic mass is 10.3. The van der Waals surface area contributed by atoms with E-state index in [0.29, 0.717) is 12.2 Å². The van der Waals surface area contributed by atoms with Crippen LogP contribution in [0.25, 0.3) is 0 Å². The van der Waals surface area contributed by atoms with E-state index in [1.165, 1.54) is 0 Å². The van der Waals surface area contributed by atoms with E-state index in [-0.39, 0.29) is 11.2 Å². The van der Waals surface area contributed by atoms with Gasteiger partial charge in [0, 0.05) is 19.0 Å². The standard InChI is InChI=1S/C9H19N5O2S/c1-7(2)14-8(5-6-13(3)4)11-12-9(14)17(10,15)16/h7H,5-6H2,1-4H3,(H2,10,15,16). The molecule has 1 rings (SSSR count). The van der Waals surface area contributed by atoms with E-state index in [2.05, 4.69) is 10.2 Å². The topological polar surface area (TPSA) is 94.1 Å². The second-order valence-corrected chi connectivity index (χ2v) is 5.92. The Bertz CT molecular complexity index is 478. The minimum Gasteiger partial charge on any atom is -0.309 e. The van der Waals surface area contributed by atoms with Gasteiger partial charge in [0.15, 0.2) is 0 Å². The summed E-state index contributed by atoms with van der Waals surface area (Å²) < 4.78 is 24.3. The minimum absolute atomic E-state index is 0.0458. The van der Waals surface area contributed by atoms with Gasteiger partial charge in [-0.3, -0.25) is 4.57 Å². The van der Waals surface area contributed by atoms with E-state index in [4.69, 9.17) is 5.14 Å². The fourth-order valence-electron chi connectivity index (χ4n) is 1.51. The van der Waals surface area contributed by atoms with Gasteiger partial charge >= 0.3 is 0 Å². The van der Waals surface area contributed by atoms with E-state index in [0.717, 1.165) is 6.54 Å². The van der Waals surface area contributed by atoms with Crippen molar-refractivity contribution in [3.63, 3.8) is 0 Å². The lowest BCUT2D eigenvalue weighted by molar-refractivity contribution is 0.400. The highest BCUT2D eigenvalue weighted by atomic mass is 32.2. The summed E-state index contributed by atoms with van der Waals surface area (Å²) in [7, 11) is 0.0618. The third-order valence-electron chi connectivity index (χ3n) is 2.29. The molecule has 0 fully saturated rings. The Morgan fingerprint density at radius 1 is 1.35 bits per heavy atom. The molecular formula is C9H19N5O2S. The van der Waals surface area contributed by atoms with Crippen LogP contribution >= 0.6 is 0 Å². The van der Waals surface area contributed by atoms with Gasteiger partial charge in [-0.2, -0.15) is 0 Å². The molecular weight excluding hydrogens is 242 g/mol. The molecule has 0 aliphatic carbocycles. The predicted octanol–water partition coefficient (Wildman–Crippen LogP) is -0.389. The first-order valence-corrected chi connectivity index (χ1v) is 6.89. The van der Waals surface area contributed by atoms with Crippen LogP contribution in [0.2, 0.25) is 0 Å². The lowest BCUT2D eigenvalue weighted by Crippen LogP contribution is -2.22. The SMILES string of the molecule is CC(C)n1c(CCN(C)C)nnc1S(N)(=O)=O. The fraction of sp³-hybridized carbons (Fsp3) is 0.778. The first-order valence-electron chi connectivity index (χ1n) is 5.34. The predicted molar refractivity (Wildman–Crippen MR) is 64.0 cm³/mol. The van der Waals surface area contributed by atoms with Crippen molar-refractivity contribution in [1.82, 2.24) is 19.7 Å². The molecule has 0 bridgehead atoms. The van der Waals surface area contributed by atoms with Crippen molar-refractivity contribution < 1.29 is 8.42 Å². The highest BCUT2D eigenvalue weighted by Crippen LogP contribution is 2.15. The Hall–Kier alpha value is -0.990. The fourth-order valence-corrected chi connectivity index (χ4v) is 2.26. The van der Waals surface area contributed by atoms with Gasteiger partial charge in [-0.25, -0.2) is 13.6 Å². The summed E-state index contributed by atoms with van der Waals surface area (Å²) in [5, 5.41) is 12.5. The van der Waals surface area contributed by atoms with Crippen molar-refractivity contribution in [3.05, 3.63) is 5.82 Å². The average molecular weight is 261 g/mol. The van der Waals surface area contributed by atoms with Crippen molar-refractivity contribution in [3.8, 4) is 0 Å². The molecule has 0 saturated carbocycles. The Balaban J connectivity index is 3.12. The van der Waals surface area contributed by atoms with Gasteiger partial charge in [-0.05, 0) is 27.9 Å². The summed E-state index contributed by atoms with van der Waals surface area (Å²) in [5.41, 5.74) is 0. The maximum Gasteiger partial charge on any atom is 0.273 e. The Morgan fingerprint density at radius 3 is 2.35 bits per heavy atom. The molecule has 0 atom stereocenters. The number of hydrogen-bond acceptors (Lipinski definition) is 5. The van der Waals surface area contributed by atoms with Crippen molar-refractivity contribution in [2.24, 2.45) is 5.14 Å². The van der Waals surface area contributed by atoms with Gasteiger partial charge in [0.25, 0.3) is 15.2 Å². The molecule has 1 aromatic rings. The second-order valence-electron chi connectivity index (χ2n) is 4.46. The molecule has 0 saturated heterocycles. The molecule has 2 N–H and O–H groups in total. The third kappa shape index (κ3) is 3.48. The zero-order chi connectivity index (χ0) is 13.2. The summed E-state index contributed by atoms with van der Waals surface area (Å²) in [5.74, 6) is 0.637. The van der Waals surface area contributed by atoms with Crippen molar-refractivity contribution in [1.29, 1.82) is 0 Å². The van der Waals surface area contributed by atoms with E-state index in [9.17, 15) is 8.42 Å². The van der Waals surface area contributed by atoms with Gasteiger partial charge in [-0.15, -0.1) is 10.2 Å². The van der Waals surface area contributed by atoms with Crippen molar-refractivity contribution in [2.45, 2.75) is 31.5 Å². The third-order valence-corrected chi connectivity index (χ3v) is 3.08. The number of rotatable bonds is 5. The molecule has 1 heterocycles. The molecule has 0 radical (unpaired) electrons. The summed E-state index contributed by atoms with van der Waals surface area (Å²) in [6.07, 6.45) is 0.633. The molecule has 7 nitrogen and oxygen atoms in total. The molecule has 0 aliphatic rings. The molecule has 0 unspecified atom stereocenters. The highest BCUT2D eigenvalue weighted by Gasteiger charge is 2.22. The number of hydrogen-bond donors (Lipinski definition) is 1. The van der Waals surface area contributed by atoms with Crippen LogP contribution in [0.5, 0.6) is 0 Å². The summed E-state index contributed by atoms with van der Waals surface area (Å²) in [4.78, 5) is 2.00. The largest absolute Gasteiger partial charge is 0.309 e. The average Bonchev–Trinajstić information content (AvgIpc) is 2.57. The van der Waals surface area contributed by atoms with E-state index >= 15 is 0 Å². The number of nitrogens with zero attached hydrogens (tertiary/aromatic N) is 4. The maximum absolute atomic E-state index is 11.4. The molecule has 0 amide bonds. The number of aromatic nitrogens is 3. The van der Waals surface area contributed by atoms with Crippen LogP contribution in [-0.4, -0.2) is 48.7 Å². The lowest BCUT2D eigenvalue weighted by Gasteiger charge is -2.14. The van der Waals surface area contributed by atoms with Crippen LogP contribution in [0.4, 0.5) is 0 Å². The maximum atomic E-state index is 11.4. The van der Waals surface area contributed by atoms with Crippen LogP contribution in [0, 0.1) is 0 Å². The molecule has 0 aliphatic heterocycles. The minimum atomic E-state index is -3.82. The van der Waals surface area contributed by atoms with Crippen LogP contribution in [-0.2, 0) is 16.4 Å². The van der Waals surface area contributed by atoms with E-state index < -0.39 is 10.0 Å². The van der Waals surface area contributed by atoms with Gasteiger partial charge in [0.1, 0.15) is 5.82 Å². The van der Waals surface area contributed by atoms with Crippen LogP contribution < -0.4 is 5.14 Å². The van der Waals surface area contributed by atoms with Gasteiger partial charge in [-0.1, -0.05) is 0 Å². The molecule has 8 heteroatoms. The monoisotopic (exact) mass is 261 g/mol. The first kappa shape index (κ1) is 14.1. The molecule has 17 heavy (non-hydrogen) atoms. The van der Waals surface area contributed by atoms with Gasteiger partial charge in [0.2, 0.25) is 0 Å². The molecule has 0 aromatic carbocycles. The number of sulfonamides is 1. The zero-order valence-corrected chi connectivity index (χ0v) is 11.4. The Morgan fingerprint density at radius 2 is 1.94 bits per heavy atom. The first-order chi connectivity index (χ1) is 7.73. The number of likely N-dealkylation sites (N-methyl/N-ethyl adjacent to an activating group) is 1. The summed E-state index contributed by atoms with van der Waals surface area (Å²) in [6, 6.07) is -0.0458. The summed E-state index contributed by atoms with van der Waals surface area (Å²) >= 11 is 0. The van der Waals surface area contributed by atoms with Crippen molar-refractivity contribution in [2.75, 3.05) is 20.6 Å². The van der Waals surface area contributed by atoms with Crippen LogP contribution in [0.1, 0.15) is 25.7 Å². The smallest absolute Gasteiger partial charge is 0.273 e. The summed E-state index contributed by atoms with van der Waals surface area (Å²) in [6.45, 7) is 4.52. The highest BCUT2D eigenvalue weighted by molar-refractivity contribution is 7.89. The molecule has 1 aromatic heterocycles. The quantitative estimate of drug-likeness (QED) is 0.779. The van der Waals surface area contributed by atoms with E-state index in [1.54, 1.807) is 4.57 Å². The molecule has 98 valence electrons. The zero-order valence-electron chi connectivity index (χ0n) is 10.6. The van der Waals surface area contributed by atoms with Gasteiger partial charge < -0.3 is 4.90 Å². The second kappa shape index (κ2) is 5.11. The molecule has 0 spiro atoms. The van der Waals surface area contributed by atoms with Crippen molar-refractivity contribution >= 4 is 10.0 Å². The normalized spacial score (nSPS) is 12.6. The Kier molecular flexibility index (Phi) is 4.23. The number of nitrogens with two attached hydrogens (primary N) is 1. The van der Waals surface area contributed by atoms with Crippen LogP contribution in [0.3, 0.4) is 0 Å². The van der Waals surface area contributed by atoms with Gasteiger partial charge in [0.05, 0.1) is 0 Å². The Labute approximate surface area is 102 Å². The van der Waals surface area contributed by atoms with E-state index in [1.807, 2.05) is 32.8 Å². The number of primary sulfonamides is 1. The van der Waals surface area contributed by atoms with Crippen LogP contribution in [0.15, 0.2) is 5.16 Å².